The third-order valence-electron chi connectivity index (χ3n) is 6.06. The van der Waals surface area contributed by atoms with Crippen LogP contribution in [-0.4, -0.2) is 53.1 Å². The average molecular weight is 486 g/mol. The molecule has 0 spiro atoms. The summed E-state index contributed by atoms with van der Waals surface area (Å²) in [7, 11) is 0. The Balaban J connectivity index is 1.84. The minimum atomic E-state index is -0.471. The van der Waals surface area contributed by atoms with E-state index in [9.17, 15) is 0 Å². The number of benzene rings is 1. The van der Waals surface area contributed by atoms with Crippen molar-refractivity contribution in [2.75, 3.05) is 38.7 Å². The Hall–Kier alpha value is -2.26. The first kappa shape index (κ1) is 27.3. The Bertz CT molecular complexity index is 1140. The van der Waals surface area contributed by atoms with Gasteiger partial charge >= 0.3 is 0 Å². The van der Waals surface area contributed by atoms with Crippen LogP contribution in [0.4, 0.5) is 5.82 Å². The van der Waals surface area contributed by atoms with Crippen LogP contribution in [0.25, 0.3) is 21.9 Å². The molecule has 0 fully saturated rings. The van der Waals surface area contributed by atoms with Crippen molar-refractivity contribution >= 4 is 27.8 Å². The third-order valence-corrected chi connectivity index (χ3v) is 6.06. The Morgan fingerprint density at radius 2 is 1.60 bits per heavy atom. The van der Waals surface area contributed by atoms with Crippen molar-refractivity contribution in [3.05, 3.63) is 30.1 Å². The van der Waals surface area contributed by atoms with Gasteiger partial charge in [-0.15, -0.1) is 0 Å². The van der Waals surface area contributed by atoms with Gasteiger partial charge in [-0.3, -0.25) is 0 Å². The van der Waals surface area contributed by atoms with Gasteiger partial charge in [-0.2, -0.15) is 0 Å². The molecule has 4 N–H and O–H groups in total. The van der Waals surface area contributed by atoms with Crippen LogP contribution in [0.1, 0.15) is 54.3 Å². The van der Waals surface area contributed by atoms with Gasteiger partial charge in [0.1, 0.15) is 17.9 Å². The lowest BCUT2D eigenvalue weighted by Gasteiger charge is -2.33. The molecule has 0 saturated heterocycles. The molecule has 0 aliphatic carbocycles. The molecule has 2 heterocycles. The largest absolute Gasteiger partial charge is 0.382 e. The van der Waals surface area contributed by atoms with Gasteiger partial charge < -0.3 is 30.2 Å². The van der Waals surface area contributed by atoms with Crippen molar-refractivity contribution in [2.45, 2.75) is 67.2 Å². The average Bonchev–Trinajstić information content (AvgIpc) is 3.15. The van der Waals surface area contributed by atoms with Crippen LogP contribution in [-0.2, 0) is 27.4 Å². The van der Waals surface area contributed by atoms with Gasteiger partial charge in [0.2, 0.25) is 0 Å². The fraction of sp³-hybridized carbons (Fsp3) is 0.630. The number of fused-ring (bicyclic) bond motifs is 3. The zero-order chi connectivity index (χ0) is 25.9. The lowest BCUT2D eigenvalue weighted by molar-refractivity contribution is -0.0877. The number of hydrogen-bond donors (Lipinski definition) is 2. The number of ether oxygens (including phenoxy) is 3. The van der Waals surface area contributed by atoms with Crippen molar-refractivity contribution in [1.29, 1.82) is 0 Å². The van der Waals surface area contributed by atoms with Crippen molar-refractivity contribution in [1.82, 2.24) is 14.5 Å². The lowest BCUT2D eigenvalue weighted by Crippen LogP contribution is -2.37. The van der Waals surface area contributed by atoms with E-state index in [0.29, 0.717) is 57.5 Å². The predicted molar refractivity (Wildman–Crippen MR) is 142 cm³/mol. The highest BCUT2D eigenvalue weighted by Crippen LogP contribution is 2.31. The summed E-state index contributed by atoms with van der Waals surface area (Å²) in [4.78, 5) is 9.39. The number of pyridine rings is 1. The second-order valence-corrected chi connectivity index (χ2v) is 11.5. The molecule has 35 heavy (non-hydrogen) atoms. The van der Waals surface area contributed by atoms with Gasteiger partial charge in [0.15, 0.2) is 5.82 Å². The first-order chi connectivity index (χ1) is 16.4. The molecule has 0 atom stereocenters. The number of rotatable bonds is 13. The zero-order valence-corrected chi connectivity index (χ0v) is 22.5. The van der Waals surface area contributed by atoms with E-state index < -0.39 is 5.60 Å². The topological polar surface area (TPSA) is 110 Å². The molecule has 0 unspecified atom stereocenters. The van der Waals surface area contributed by atoms with E-state index in [2.05, 4.69) is 57.2 Å². The molecule has 0 amide bonds. The van der Waals surface area contributed by atoms with Gasteiger partial charge in [-0.05, 0) is 33.4 Å². The van der Waals surface area contributed by atoms with Crippen molar-refractivity contribution in [3.8, 4) is 0 Å². The molecule has 2 aromatic heterocycles. The van der Waals surface area contributed by atoms with Gasteiger partial charge in [-0.1, -0.05) is 45.9 Å². The Morgan fingerprint density at radius 1 is 0.914 bits per heavy atom. The van der Waals surface area contributed by atoms with Gasteiger partial charge in [0.25, 0.3) is 0 Å². The molecule has 8 heteroatoms. The van der Waals surface area contributed by atoms with Crippen LogP contribution >= 0.6 is 0 Å². The number of nitrogens with two attached hydrogens (primary N) is 2. The minimum absolute atomic E-state index is 0.0326. The van der Waals surface area contributed by atoms with Crippen LogP contribution in [0.2, 0.25) is 0 Å². The number of aromatic nitrogens is 3. The maximum absolute atomic E-state index is 6.49. The zero-order valence-electron chi connectivity index (χ0n) is 22.5. The smallest absolute Gasteiger partial charge is 0.152 e. The van der Waals surface area contributed by atoms with Crippen molar-refractivity contribution in [2.24, 2.45) is 16.6 Å². The van der Waals surface area contributed by atoms with Gasteiger partial charge in [0.05, 0.1) is 43.0 Å². The highest BCUT2D eigenvalue weighted by Gasteiger charge is 2.29. The molecule has 0 bridgehead atoms. The molecular weight excluding hydrogens is 442 g/mol. The first-order valence-electron chi connectivity index (χ1n) is 12.4. The fourth-order valence-electron chi connectivity index (χ4n) is 3.90. The van der Waals surface area contributed by atoms with E-state index >= 15 is 0 Å². The van der Waals surface area contributed by atoms with Crippen LogP contribution < -0.4 is 11.5 Å². The quantitative estimate of drug-likeness (QED) is 0.366. The second-order valence-electron chi connectivity index (χ2n) is 11.5. The number of anilines is 1. The normalized spacial score (nSPS) is 13.3. The number of nitrogen functional groups attached to an aromatic ring is 1. The number of imidazole rings is 1. The molecule has 8 nitrogen and oxygen atoms in total. The molecular formula is C27H43N5O3. The molecule has 0 aliphatic rings. The first-order valence-corrected chi connectivity index (χ1v) is 12.4. The van der Waals surface area contributed by atoms with Crippen LogP contribution in [0.5, 0.6) is 0 Å². The highest BCUT2D eigenvalue weighted by atomic mass is 16.5. The standard InChI is InChI=1S/C27H43N5O3/c1-8-33-13-21-31-22-23(19-11-9-10-12-20(19)30-24(22)29)32(21)15-27(6,7)35-18-26(4,5)17-34-16-25(2,3)14-28/h9-12H,8,13-18,28H2,1-7H3,(H2,29,30). The maximum atomic E-state index is 6.49. The van der Waals surface area contributed by atoms with E-state index in [0.717, 1.165) is 22.2 Å². The Morgan fingerprint density at radius 3 is 2.29 bits per heavy atom. The molecule has 194 valence electrons. The summed E-state index contributed by atoms with van der Waals surface area (Å²) in [6.45, 7) is 18.7. The monoisotopic (exact) mass is 485 g/mol. The SMILES string of the molecule is CCOCc1nc2c(N)nc3ccccc3c2n1CC(C)(C)OCC(C)(C)COCC(C)(C)CN. The summed E-state index contributed by atoms with van der Waals surface area (Å²) in [5, 5.41) is 1.01. The van der Waals surface area contributed by atoms with E-state index in [1.54, 1.807) is 0 Å². The van der Waals surface area contributed by atoms with Gasteiger partial charge in [0, 0.05) is 22.8 Å². The minimum Gasteiger partial charge on any atom is -0.382 e. The van der Waals surface area contributed by atoms with Crippen molar-refractivity contribution < 1.29 is 14.2 Å². The predicted octanol–water partition coefficient (Wildman–Crippen LogP) is 4.53. The van der Waals surface area contributed by atoms with Gasteiger partial charge in [-0.25, -0.2) is 9.97 Å². The summed E-state index contributed by atoms with van der Waals surface area (Å²) in [5.41, 5.74) is 14.0. The summed E-state index contributed by atoms with van der Waals surface area (Å²) in [5.74, 6) is 1.24. The van der Waals surface area contributed by atoms with E-state index in [4.69, 9.17) is 30.7 Å². The molecule has 0 radical (unpaired) electrons. The number of para-hydroxylation sites is 1. The molecule has 0 aliphatic heterocycles. The van der Waals surface area contributed by atoms with E-state index in [1.807, 2.05) is 25.1 Å². The molecule has 3 rings (SSSR count). The lowest BCUT2D eigenvalue weighted by atomic mass is 9.93. The summed E-state index contributed by atoms with van der Waals surface area (Å²) >= 11 is 0. The third kappa shape index (κ3) is 6.91. The number of nitrogens with zero attached hydrogens (tertiary/aromatic N) is 3. The van der Waals surface area contributed by atoms with E-state index in [1.165, 1.54) is 0 Å². The number of hydrogen-bond acceptors (Lipinski definition) is 7. The summed E-state index contributed by atoms with van der Waals surface area (Å²) < 4.78 is 20.4. The van der Waals surface area contributed by atoms with Crippen LogP contribution in [0.15, 0.2) is 24.3 Å². The fourth-order valence-corrected chi connectivity index (χ4v) is 3.90. The molecule has 3 aromatic rings. The summed E-state index contributed by atoms with van der Waals surface area (Å²) in [6, 6.07) is 8.01. The summed E-state index contributed by atoms with van der Waals surface area (Å²) in [6.07, 6.45) is 0. The molecule has 1 aromatic carbocycles. The highest BCUT2D eigenvalue weighted by molar-refractivity contribution is 6.06. The Kier molecular flexibility index (Phi) is 8.42. The van der Waals surface area contributed by atoms with Crippen LogP contribution in [0, 0.1) is 10.8 Å². The van der Waals surface area contributed by atoms with Crippen LogP contribution in [0.3, 0.4) is 0 Å². The molecule has 0 saturated carbocycles. The van der Waals surface area contributed by atoms with E-state index in [-0.39, 0.29) is 10.8 Å². The van der Waals surface area contributed by atoms with Crippen molar-refractivity contribution in [3.63, 3.8) is 0 Å². The Labute approximate surface area is 209 Å². The second kappa shape index (κ2) is 10.8. The maximum Gasteiger partial charge on any atom is 0.152 e.